The third-order valence-electron chi connectivity index (χ3n) is 2.37. The monoisotopic (exact) mass is 178 g/mol. The molecule has 0 saturated heterocycles. The maximum atomic E-state index is 5.44. The van der Waals surface area contributed by atoms with Crippen molar-refractivity contribution >= 4 is 5.69 Å². The molecule has 0 N–H and O–H groups in total. The summed E-state index contributed by atoms with van der Waals surface area (Å²) in [5.41, 5.74) is 2.38. The van der Waals surface area contributed by atoms with Crippen LogP contribution < -0.4 is 9.64 Å². The molecule has 0 atom stereocenters. The van der Waals surface area contributed by atoms with Crippen LogP contribution in [0.15, 0.2) is 12.3 Å². The SMILES string of the molecule is CCc1cnc2c(c1)N(C)CCO2. The van der Waals surface area contributed by atoms with Gasteiger partial charge >= 0.3 is 0 Å². The highest BCUT2D eigenvalue weighted by molar-refractivity contribution is 5.57. The number of anilines is 1. The van der Waals surface area contributed by atoms with E-state index in [1.165, 1.54) is 5.56 Å². The minimum atomic E-state index is 0.738. The van der Waals surface area contributed by atoms with Gasteiger partial charge in [0, 0.05) is 13.2 Å². The summed E-state index contributed by atoms with van der Waals surface area (Å²) in [4.78, 5) is 6.46. The molecule has 0 radical (unpaired) electrons. The van der Waals surface area contributed by atoms with Gasteiger partial charge in [0.15, 0.2) is 0 Å². The van der Waals surface area contributed by atoms with Crippen molar-refractivity contribution < 1.29 is 4.74 Å². The van der Waals surface area contributed by atoms with Crippen LogP contribution in [0.5, 0.6) is 5.88 Å². The van der Waals surface area contributed by atoms with Gasteiger partial charge in [-0.05, 0) is 18.1 Å². The van der Waals surface area contributed by atoms with Crippen LogP contribution in [-0.4, -0.2) is 25.2 Å². The highest BCUT2D eigenvalue weighted by Crippen LogP contribution is 2.28. The number of aryl methyl sites for hydroxylation is 1. The Kier molecular flexibility index (Phi) is 2.08. The average molecular weight is 178 g/mol. The fourth-order valence-electron chi connectivity index (χ4n) is 1.46. The summed E-state index contributed by atoms with van der Waals surface area (Å²) in [5, 5.41) is 0. The summed E-state index contributed by atoms with van der Waals surface area (Å²) in [6, 6.07) is 2.15. The summed E-state index contributed by atoms with van der Waals surface area (Å²) in [6.45, 7) is 3.82. The smallest absolute Gasteiger partial charge is 0.237 e. The van der Waals surface area contributed by atoms with Gasteiger partial charge in [0.25, 0.3) is 0 Å². The fourth-order valence-corrected chi connectivity index (χ4v) is 1.46. The van der Waals surface area contributed by atoms with Crippen LogP contribution in [0.4, 0.5) is 5.69 Å². The number of pyridine rings is 1. The Hall–Kier alpha value is -1.25. The molecule has 1 aliphatic heterocycles. The molecule has 3 heteroatoms. The van der Waals surface area contributed by atoms with Gasteiger partial charge in [0.05, 0.1) is 6.54 Å². The van der Waals surface area contributed by atoms with Crippen LogP contribution in [0.3, 0.4) is 0 Å². The number of nitrogens with zero attached hydrogens (tertiary/aromatic N) is 2. The quantitative estimate of drug-likeness (QED) is 0.651. The minimum Gasteiger partial charge on any atom is -0.474 e. The van der Waals surface area contributed by atoms with Crippen LogP contribution in [0, 0.1) is 0 Å². The molecule has 70 valence electrons. The molecule has 0 aromatic carbocycles. The summed E-state index contributed by atoms with van der Waals surface area (Å²) in [5.74, 6) is 0.769. The largest absolute Gasteiger partial charge is 0.474 e. The molecule has 0 fully saturated rings. The highest BCUT2D eigenvalue weighted by Gasteiger charge is 2.15. The summed E-state index contributed by atoms with van der Waals surface area (Å²) in [6.07, 6.45) is 2.91. The highest BCUT2D eigenvalue weighted by atomic mass is 16.5. The standard InChI is InChI=1S/C10H14N2O/c1-3-8-6-9-10(11-7-8)13-5-4-12(9)2/h6-7H,3-5H2,1-2H3. The van der Waals surface area contributed by atoms with E-state index < -0.39 is 0 Å². The molecule has 2 rings (SSSR count). The predicted molar refractivity (Wildman–Crippen MR) is 52.4 cm³/mol. The van der Waals surface area contributed by atoms with E-state index in [0.29, 0.717) is 0 Å². The van der Waals surface area contributed by atoms with Crippen molar-refractivity contribution in [3.8, 4) is 5.88 Å². The normalized spacial score (nSPS) is 15.1. The lowest BCUT2D eigenvalue weighted by atomic mass is 10.2. The van der Waals surface area contributed by atoms with Gasteiger partial charge in [0.1, 0.15) is 12.3 Å². The van der Waals surface area contributed by atoms with E-state index in [9.17, 15) is 0 Å². The maximum Gasteiger partial charge on any atom is 0.237 e. The van der Waals surface area contributed by atoms with Crippen molar-refractivity contribution in [2.75, 3.05) is 25.1 Å². The Morgan fingerprint density at radius 2 is 2.46 bits per heavy atom. The van der Waals surface area contributed by atoms with Gasteiger partial charge in [0.2, 0.25) is 5.88 Å². The van der Waals surface area contributed by atoms with Gasteiger partial charge in [-0.2, -0.15) is 0 Å². The molecule has 0 unspecified atom stereocenters. The van der Waals surface area contributed by atoms with E-state index in [0.717, 1.165) is 31.1 Å². The Bertz CT molecular complexity index is 312. The van der Waals surface area contributed by atoms with E-state index in [1.54, 1.807) is 0 Å². The van der Waals surface area contributed by atoms with Crippen molar-refractivity contribution in [2.45, 2.75) is 13.3 Å². The molecule has 3 nitrogen and oxygen atoms in total. The van der Waals surface area contributed by atoms with Gasteiger partial charge in [-0.3, -0.25) is 0 Å². The zero-order valence-electron chi connectivity index (χ0n) is 8.08. The second-order valence-corrected chi connectivity index (χ2v) is 3.29. The second-order valence-electron chi connectivity index (χ2n) is 3.29. The lowest BCUT2D eigenvalue weighted by molar-refractivity contribution is 0.298. The van der Waals surface area contributed by atoms with Crippen LogP contribution >= 0.6 is 0 Å². The maximum absolute atomic E-state index is 5.44. The number of hydrogen-bond acceptors (Lipinski definition) is 3. The Labute approximate surface area is 78.3 Å². The first-order valence-corrected chi connectivity index (χ1v) is 4.64. The van der Waals surface area contributed by atoms with Crippen molar-refractivity contribution in [2.24, 2.45) is 0 Å². The van der Waals surface area contributed by atoms with Crippen molar-refractivity contribution in [3.05, 3.63) is 17.8 Å². The molecule has 0 spiro atoms. The van der Waals surface area contributed by atoms with Crippen LogP contribution in [0.2, 0.25) is 0 Å². The van der Waals surface area contributed by atoms with Crippen molar-refractivity contribution in [1.82, 2.24) is 4.98 Å². The molecule has 0 saturated carbocycles. The first-order valence-electron chi connectivity index (χ1n) is 4.64. The average Bonchev–Trinajstić information content (AvgIpc) is 2.18. The number of likely N-dealkylation sites (N-methyl/N-ethyl adjacent to an activating group) is 1. The van der Waals surface area contributed by atoms with Crippen molar-refractivity contribution in [1.29, 1.82) is 0 Å². The fraction of sp³-hybridized carbons (Fsp3) is 0.500. The zero-order valence-corrected chi connectivity index (χ0v) is 8.08. The topological polar surface area (TPSA) is 25.4 Å². The van der Waals surface area contributed by atoms with E-state index in [2.05, 4.69) is 29.9 Å². The van der Waals surface area contributed by atoms with Gasteiger partial charge in [-0.25, -0.2) is 4.98 Å². The van der Waals surface area contributed by atoms with Gasteiger partial charge < -0.3 is 9.64 Å². The molecule has 2 heterocycles. The van der Waals surface area contributed by atoms with Crippen LogP contribution in [0.25, 0.3) is 0 Å². The first kappa shape index (κ1) is 8.35. The number of rotatable bonds is 1. The van der Waals surface area contributed by atoms with E-state index in [1.807, 2.05) is 6.20 Å². The zero-order chi connectivity index (χ0) is 9.26. The Morgan fingerprint density at radius 1 is 1.62 bits per heavy atom. The summed E-state index contributed by atoms with van der Waals surface area (Å²) in [7, 11) is 2.07. The summed E-state index contributed by atoms with van der Waals surface area (Å²) >= 11 is 0. The van der Waals surface area contributed by atoms with Crippen LogP contribution in [-0.2, 0) is 6.42 Å². The number of fused-ring (bicyclic) bond motifs is 1. The number of aromatic nitrogens is 1. The van der Waals surface area contributed by atoms with Crippen molar-refractivity contribution in [3.63, 3.8) is 0 Å². The number of hydrogen-bond donors (Lipinski definition) is 0. The number of ether oxygens (including phenoxy) is 1. The molecular formula is C10H14N2O. The van der Waals surface area contributed by atoms with E-state index in [4.69, 9.17) is 4.74 Å². The molecule has 13 heavy (non-hydrogen) atoms. The van der Waals surface area contributed by atoms with Gasteiger partial charge in [-0.15, -0.1) is 0 Å². The lowest BCUT2D eigenvalue weighted by Gasteiger charge is -2.26. The first-order chi connectivity index (χ1) is 6.31. The van der Waals surface area contributed by atoms with E-state index in [-0.39, 0.29) is 0 Å². The molecular weight excluding hydrogens is 164 g/mol. The molecule has 0 amide bonds. The third-order valence-corrected chi connectivity index (χ3v) is 2.37. The Balaban J connectivity index is 2.41. The van der Waals surface area contributed by atoms with Gasteiger partial charge in [-0.1, -0.05) is 6.92 Å². The predicted octanol–water partition coefficient (Wildman–Crippen LogP) is 1.47. The molecule has 0 bridgehead atoms. The minimum absolute atomic E-state index is 0.738. The van der Waals surface area contributed by atoms with E-state index >= 15 is 0 Å². The molecule has 1 aromatic rings. The molecule has 1 aliphatic rings. The molecule has 0 aliphatic carbocycles. The lowest BCUT2D eigenvalue weighted by Crippen LogP contribution is -2.29. The third kappa shape index (κ3) is 1.46. The van der Waals surface area contributed by atoms with Crippen LogP contribution in [0.1, 0.15) is 12.5 Å². The molecule has 1 aromatic heterocycles. The Morgan fingerprint density at radius 3 is 3.23 bits per heavy atom. The summed E-state index contributed by atoms with van der Waals surface area (Å²) < 4.78 is 5.44. The second kappa shape index (κ2) is 3.24.